The molecule has 1 heterocycles. The van der Waals surface area contributed by atoms with Crippen molar-refractivity contribution in [1.29, 1.82) is 0 Å². The highest BCUT2D eigenvalue weighted by Gasteiger charge is 2.40. The molecule has 2 aliphatic rings. The van der Waals surface area contributed by atoms with Crippen LogP contribution >= 0.6 is 0 Å². The van der Waals surface area contributed by atoms with E-state index < -0.39 is 0 Å². The van der Waals surface area contributed by atoms with E-state index in [-0.39, 0.29) is 5.54 Å². The van der Waals surface area contributed by atoms with Gasteiger partial charge in [0.15, 0.2) is 5.96 Å². The molecule has 3 nitrogen and oxygen atoms in total. The van der Waals surface area contributed by atoms with Crippen LogP contribution in [0.4, 0.5) is 0 Å². The van der Waals surface area contributed by atoms with Gasteiger partial charge >= 0.3 is 0 Å². The summed E-state index contributed by atoms with van der Waals surface area (Å²) in [6, 6.07) is 0. The fourth-order valence-corrected chi connectivity index (χ4v) is 2.89. The second kappa shape index (κ2) is 5.94. The fourth-order valence-electron chi connectivity index (χ4n) is 2.89. The minimum Gasteiger partial charge on any atom is -0.370 e. The molecule has 1 aliphatic heterocycles. The summed E-state index contributed by atoms with van der Waals surface area (Å²) >= 11 is 0. The molecule has 104 valence electrons. The minimum absolute atomic E-state index is 0.207. The Labute approximate surface area is 112 Å². The van der Waals surface area contributed by atoms with Gasteiger partial charge in [-0.1, -0.05) is 39.0 Å². The summed E-state index contributed by atoms with van der Waals surface area (Å²) in [5, 5.41) is 0. The first-order valence-corrected chi connectivity index (χ1v) is 7.73. The van der Waals surface area contributed by atoms with E-state index in [9.17, 15) is 0 Å². The van der Waals surface area contributed by atoms with Gasteiger partial charge in [-0.3, -0.25) is 4.99 Å². The van der Waals surface area contributed by atoms with Crippen LogP contribution in [-0.4, -0.2) is 29.5 Å². The molecule has 1 aliphatic carbocycles. The van der Waals surface area contributed by atoms with Crippen molar-refractivity contribution in [2.45, 2.75) is 70.8 Å². The quantitative estimate of drug-likeness (QED) is 0.673. The SMILES string of the molecule is CCCCCCCC1(C)CN=C(N)N1CC1CC1. The molecular weight excluding hydrogens is 222 g/mol. The minimum atomic E-state index is 0.207. The summed E-state index contributed by atoms with van der Waals surface area (Å²) in [5.74, 6) is 1.68. The van der Waals surface area contributed by atoms with Gasteiger partial charge in [-0.05, 0) is 32.1 Å². The molecule has 18 heavy (non-hydrogen) atoms. The Morgan fingerprint density at radius 2 is 2.00 bits per heavy atom. The molecule has 0 saturated heterocycles. The van der Waals surface area contributed by atoms with Crippen LogP contribution in [0.2, 0.25) is 0 Å². The Kier molecular flexibility index (Phi) is 4.52. The lowest BCUT2D eigenvalue weighted by molar-refractivity contribution is 0.195. The van der Waals surface area contributed by atoms with Gasteiger partial charge in [-0.25, -0.2) is 0 Å². The number of aliphatic imine (C=N–C) groups is 1. The van der Waals surface area contributed by atoms with E-state index in [0.717, 1.165) is 25.0 Å². The normalized spacial score (nSPS) is 27.7. The summed E-state index contributed by atoms with van der Waals surface area (Å²) in [6.45, 7) is 6.66. The number of nitrogens with zero attached hydrogens (tertiary/aromatic N) is 2. The molecule has 0 aromatic heterocycles. The van der Waals surface area contributed by atoms with Crippen molar-refractivity contribution in [1.82, 2.24) is 4.90 Å². The summed E-state index contributed by atoms with van der Waals surface area (Å²) < 4.78 is 0. The maximum absolute atomic E-state index is 6.06. The molecule has 3 heteroatoms. The Morgan fingerprint density at radius 3 is 2.67 bits per heavy atom. The van der Waals surface area contributed by atoms with Gasteiger partial charge in [-0.2, -0.15) is 0 Å². The molecule has 0 aromatic rings. The third-order valence-corrected chi connectivity index (χ3v) is 4.47. The second-order valence-corrected chi connectivity index (χ2v) is 6.39. The van der Waals surface area contributed by atoms with Crippen LogP contribution in [0.15, 0.2) is 4.99 Å². The Hall–Kier alpha value is -0.730. The maximum Gasteiger partial charge on any atom is 0.191 e. The summed E-state index contributed by atoms with van der Waals surface area (Å²) in [5.41, 5.74) is 6.27. The molecule has 2 N–H and O–H groups in total. The van der Waals surface area contributed by atoms with Crippen molar-refractivity contribution >= 4 is 5.96 Å². The van der Waals surface area contributed by atoms with Gasteiger partial charge in [0.2, 0.25) is 0 Å². The molecule has 1 saturated carbocycles. The molecule has 0 spiro atoms. The van der Waals surface area contributed by atoms with E-state index in [1.165, 1.54) is 51.4 Å². The van der Waals surface area contributed by atoms with E-state index in [2.05, 4.69) is 23.7 Å². The molecule has 0 radical (unpaired) electrons. The van der Waals surface area contributed by atoms with Crippen molar-refractivity contribution in [3.05, 3.63) is 0 Å². The Bertz CT molecular complexity index is 296. The topological polar surface area (TPSA) is 41.6 Å². The third kappa shape index (κ3) is 3.39. The number of guanidine groups is 1. The molecular formula is C15H29N3. The largest absolute Gasteiger partial charge is 0.370 e. The zero-order valence-corrected chi connectivity index (χ0v) is 12.1. The lowest BCUT2D eigenvalue weighted by atomic mass is 9.92. The van der Waals surface area contributed by atoms with Gasteiger partial charge in [0, 0.05) is 6.54 Å². The summed E-state index contributed by atoms with van der Waals surface area (Å²) in [6.07, 6.45) is 10.8. The van der Waals surface area contributed by atoms with Crippen LogP contribution in [0.1, 0.15) is 65.2 Å². The molecule has 0 bridgehead atoms. The van der Waals surface area contributed by atoms with E-state index >= 15 is 0 Å². The van der Waals surface area contributed by atoms with E-state index in [1.807, 2.05) is 0 Å². The van der Waals surface area contributed by atoms with E-state index in [1.54, 1.807) is 0 Å². The average molecular weight is 251 g/mol. The zero-order chi connectivity index (χ0) is 13.0. The van der Waals surface area contributed by atoms with E-state index in [4.69, 9.17) is 5.73 Å². The van der Waals surface area contributed by atoms with Gasteiger partial charge in [0.1, 0.15) is 0 Å². The first kappa shape index (κ1) is 13.7. The van der Waals surface area contributed by atoms with Gasteiger partial charge in [0.05, 0.1) is 12.1 Å². The second-order valence-electron chi connectivity index (χ2n) is 6.39. The van der Waals surface area contributed by atoms with Crippen LogP contribution in [0, 0.1) is 5.92 Å². The molecule has 1 fully saturated rings. The van der Waals surface area contributed by atoms with Gasteiger partial charge in [-0.15, -0.1) is 0 Å². The molecule has 0 aromatic carbocycles. The highest BCUT2D eigenvalue weighted by Crippen LogP contribution is 2.35. The maximum atomic E-state index is 6.06. The molecule has 1 unspecified atom stereocenters. The summed E-state index contributed by atoms with van der Waals surface area (Å²) in [7, 11) is 0. The van der Waals surface area contributed by atoms with Crippen LogP contribution in [0.5, 0.6) is 0 Å². The van der Waals surface area contributed by atoms with Crippen LogP contribution < -0.4 is 5.73 Å². The van der Waals surface area contributed by atoms with Crippen molar-refractivity contribution in [2.24, 2.45) is 16.6 Å². The van der Waals surface area contributed by atoms with Crippen molar-refractivity contribution in [3.8, 4) is 0 Å². The van der Waals surface area contributed by atoms with Crippen molar-refractivity contribution in [2.75, 3.05) is 13.1 Å². The number of nitrogens with two attached hydrogens (primary N) is 1. The monoisotopic (exact) mass is 251 g/mol. The highest BCUT2D eigenvalue weighted by molar-refractivity contribution is 5.81. The summed E-state index contributed by atoms with van der Waals surface area (Å²) in [4.78, 5) is 6.88. The number of hydrogen-bond acceptors (Lipinski definition) is 3. The average Bonchev–Trinajstić information content (AvgIpc) is 3.12. The zero-order valence-electron chi connectivity index (χ0n) is 12.1. The third-order valence-electron chi connectivity index (χ3n) is 4.47. The van der Waals surface area contributed by atoms with Crippen LogP contribution in [0.25, 0.3) is 0 Å². The highest BCUT2D eigenvalue weighted by atomic mass is 15.4. The Balaban J connectivity index is 1.77. The lowest BCUT2D eigenvalue weighted by Crippen LogP contribution is -2.50. The lowest BCUT2D eigenvalue weighted by Gasteiger charge is -2.36. The molecule has 0 amide bonds. The van der Waals surface area contributed by atoms with E-state index in [0.29, 0.717) is 0 Å². The first-order chi connectivity index (χ1) is 8.65. The van der Waals surface area contributed by atoms with Crippen LogP contribution in [0.3, 0.4) is 0 Å². The van der Waals surface area contributed by atoms with Crippen molar-refractivity contribution in [3.63, 3.8) is 0 Å². The van der Waals surface area contributed by atoms with Gasteiger partial charge < -0.3 is 10.6 Å². The Morgan fingerprint density at radius 1 is 1.28 bits per heavy atom. The van der Waals surface area contributed by atoms with Crippen LogP contribution in [-0.2, 0) is 0 Å². The van der Waals surface area contributed by atoms with Crippen molar-refractivity contribution < 1.29 is 0 Å². The smallest absolute Gasteiger partial charge is 0.191 e. The molecule has 2 rings (SSSR count). The predicted molar refractivity (Wildman–Crippen MR) is 77.7 cm³/mol. The number of rotatable bonds is 8. The number of hydrogen-bond donors (Lipinski definition) is 1. The fraction of sp³-hybridized carbons (Fsp3) is 0.933. The molecule has 1 atom stereocenters. The number of unbranched alkanes of at least 4 members (excludes halogenated alkanes) is 4. The first-order valence-electron chi connectivity index (χ1n) is 7.73. The van der Waals surface area contributed by atoms with Gasteiger partial charge in [0.25, 0.3) is 0 Å². The standard InChI is InChI=1S/C15H29N3/c1-3-4-5-6-7-10-15(2)12-17-14(16)18(15)11-13-8-9-13/h13H,3-12H2,1-2H3,(H2,16,17). The predicted octanol–water partition coefficient (Wildman–Crippen LogP) is 3.15.